The van der Waals surface area contributed by atoms with Crippen LogP contribution in [0.3, 0.4) is 0 Å². The second-order valence-electron chi connectivity index (χ2n) is 4.28. The molecule has 110 valence electrons. The Kier molecular flexibility index (Phi) is 4.12. The SMILES string of the molecule is O=C(O)CCCNC(=O)c1cnc2[nH]c(=O)[nH]c(=O)c2c1. The molecule has 0 unspecified atom stereocenters. The molecule has 0 fully saturated rings. The molecule has 2 aromatic heterocycles. The third kappa shape index (κ3) is 3.53. The molecule has 0 atom stereocenters. The number of aliphatic carboxylic acids is 1. The van der Waals surface area contributed by atoms with E-state index in [1.165, 1.54) is 12.3 Å². The van der Waals surface area contributed by atoms with Crippen molar-refractivity contribution in [2.45, 2.75) is 12.8 Å². The first-order valence-electron chi connectivity index (χ1n) is 6.10. The number of hydrogen-bond donors (Lipinski definition) is 4. The highest BCUT2D eigenvalue weighted by atomic mass is 16.4. The van der Waals surface area contributed by atoms with Crippen LogP contribution in [-0.4, -0.2) is 38.5 Å². The van der Waals surface area contributed by atoms with Gasteiger partial charge in [-0.3, -0.25) is 24.4 Å². The molecule has 0 aliphatic rings. The van der Waals surface area contributed by atoms with Gasteiger partial charge in [-0.15, -0.1) is 0 Å². The molecule has 2 rings (SSSR count). The summed E-state index contributed by atoms with van der Waals surface area (Å²) in [5.74, 6) is -1.41. The number of aromatic nitrogens is 3. The first-order chi connectivity index (χ1) is 9.97. The zero-order chi connectivity index (χ0) is 15.4. The minimum Gasteiger partial charge on any atom is -0.481 e. The van der Waals surface area contributed by atoms with Crippen molar-refractivity contribution in [3.05, 3.63) is 38.7 Å². The van der Waals surface area contributed by atoms with E-state index in [2.05, 4.69) is 15.3 Å². The molecule has 0 saturated heterocycles. The molecule has 9 heteroatoms. The maximum Gasteiger partial charge on any atom is 0.327 e. The summed E-state index contributed by atoms with van der Waals surface area (Å²) in [5, 5.41) is 11.1. The molecule has 2 aromatic rings. The lowest BCUT2D eigenvalue weighted by Crippen LogP contribution is -2.26. The van der Waals surface area contributed by atoms with E-state index in [0.29, 0.717) is 6.42 Å². The second kappa shape index (κ2) is 5.99. The van der Waals surface area contributed by atoms with Gasteiger partial charge in [0.1, 0.15) is 5.65 Å². The topological polar surface area (TPSA) is 145 Å². The van der Waals surface area contributed by atoms with E-state index in [1.807, 2.05) is 4.98 Å². The molecule has 1 amide bonds. The van der Waals surface area contributed by atoms with Crippen LogP contribution >= 0.6 is 0 Å². The number of H-pyrrole nitrogens is 2. The third-order valence-corrected chi connectivity index (χ3v) is 2.71. The average Bonchev–Trinajstić information content (AvgIpc) is 2.42. The fourth-order valence-corrected chi connectivity index (χ4v) is 1.71. The van der Waals surface area contributed by atoms with Crippen molar-refractivity contribution >= 4 is 22.9 Å². The van der Waals surface area contributed by atoms with E-state index >= 15 is 0 Å². The van der Waals surface area contributed by atoms with E-state index in [-0.39, 0.29) is 29.6 Å². The maximum absolute atomic E-state index is 11.8. The number of nitrogens with zero attached hydrogens (tertiary/aromatic N) is 1. The van der Waals surface area contributed by atoms with Gasteiger partial charge in [0.25, 0.3) is 11.5 Å². The number of aromatic amines is 2. The van der Waals surface area contributed by atoms with Gasteiger partial charge >= 0.3 is 11.7 Å². The molecular formula is C12H12N4O5. The summed E-state index contributed by atoms with van der Waals surface area (Å²) in [6, 6.07) is 1.31. The smallest absolute Gasteiger partial charge is 0.327 e. The minimum absolute atomic E-state index is 0.0445. The Hall–Kier alpha value is -2.97. The van der Waals surface area contributed by atoms with Crippen molar-refractivity contribution in [1.82, 2.24) is 20.3 Å². The van der Waals surface area contributed by atoms with Gasteiger partial charge in [-0.25, -0.2) is 9.78 Å². The molecule has 2 heterocycles. The molecule has 0 aliphatic carbocycles. The molecule has 0 saturated carbocycles. The standard InChI is InChI=1S/C12H12N4O5/c17-8(18)2-1-3-13-10(19)6-4-7-9(14-5-6)15-12(21)16-11(7)20/h4-5H,1-3H2,(H,13,19)(H,17,18)(H2,14,15,16,20,21). The lowest BCUT2D eigenvalue weighted by atomic mass is 10.2. The van der Waals surface area contributed by atoms with Crippen LogP contribution in [0.2, 0.25) is 0 Å². The van der Waals surface area contributed by atoms with Crippen molar-refractivity contribution < 1.29 is 14.7 Å². The van der Waals surface area contributed by atoms with Gasteiger partial charge in [0.2, 0.25) is 0 Å². The lowest BCUT2D eigenvalue weighted by Gasteiger charge is -2.04. The average molecular weight is 292 g/mol. The van der Waals surface area contributed by atoms with Gasteiger partial charge in [0, 0.05) is 19.2 Å². The fraction of sp³-hybridized carbons (Fsp3) is 0.250. The van der Waals surface area contributed by atoms with E-state index < -0.39 is 23.1 Å². The van der Waals surface area contributed by atoms with Gasteiger partial charge in [-0.05, 0) is 12.5 Å². The first kappa shape index (κ1) is 14.4. The number of fused-ring (bicyclic) bond motifs is 1. The van der Waals surface area contributed by atoms with Crippen molar-refractivity contribution in [3.63, 3.8) is 0 Å². The lowest BCUT2D eigenvalue weighted by molar-refractivity contribution is -0.137. The number of carbonyl (C=O) groups excluding carboxylic acids is 1. The Bertz CT molecular complexity index is 807. The van der Waals surface area contributed by atoms with Gasteiger partial charge in [-0.1, -0.05) is 0 Å². The molecule has 0 radical (unpaired) electrons. The number of pyridine rings is 1. The summed E-state index contributed by atoms with van der Waals surface area (Å²) in [4.78, 5) is 53.1. The molecule has 0 aromatic carbocycles. The number of carboxylic acid groups (broad SMARTS) is 1. The van der Waals surface area contributed by atoms with Crippen LogP contribution in [0.4, 0.5) is 0 Å². The Morgan fingerprint density at radius 1 is 1.29 bits per heavy atom. The van der Waals surface area contributed by atoms with Crippen LogP contribution in [0.1, 0.15) is 23.2 Å². The molecular weight excluding hydrogens is 280 g/mol. The highest BCUT2D eigenvalue weighted by molar-refractivity contribution is 5.96. The number of nitrogens with one attached hydrogen (secondary N) is 3. The first-order valence-corrected chi connectivity index (χ1v) is 6.10. The van der Waals surface area contributed by atoms with E-state index in [1.54, 1.807) is 0 Å². The third-order valence-electron chi connectivity index (χ3n) is 2.71. The summed E-state index contributed by atoms with van der Waals surface area (Å²) < 4.78 is 0. The monoisotopic (exact) mass is 292 g/mol. The zero-order valence-electron chi connectivity index (χ0n) is 10.8. The molecule has 0 bridgehead atoms. The van der Waals surface area contributed by atoms with E-state index in [4.69, 9.17) is 5.11 Å². The summed E-state index contributed by atoms with van der Waals surface area (Å²) in [5.41, 5.74) is -1.07. The quantitative estimate of drug-likeness (QED) is 0.531. The van der Waals surface area contributed by atoms with Crippen LogP contribution < -0.4 is 16.6 Å². The van der Waals surface area contributed by atoms with Crippen molar-refractivity contribution in [3.8, 4) is 0 Å². The number of amides is 1. The molecule has 4 N–H and O–H groups in total. The molecule has 9 nitrogen and oxygen atoms in total. The van der Waals surface area contributed by atoms with Crippen LogP contribution in [0, 0.1) is 0 Å². The maximum atomic E-state index is 11.8. The van der Waals surface area contributed by atoms with Crippen molar-refractivity contribution in [2.75, 3.05) is 6.54 Å². The fourth-order valence-electron chi connectivity index (χ4n) is 1.71. The predicted octanol–water partition coefficient (Wildman–Crippen LogP) is -0.794. The van der Waals surface area contributed by atoms with E-state index in [9.17, 15) is 19.2 Å². The van der Waals surface area contributed by atoms with Crippen LogP contribution in [0.5, 0.6) is 0 Å². The summed E-state index contributed by atoms with van der Waals surface area (Å²) >= 11 is 0. The van der Waals surface area contributed by atoms with Crippen molar-refractivity contribution in [1.29, 1.82) is 0 Å². The number of carboxylic acids is 1. The molecule has 0 aliphatic heterocycles. The number of hydrogen-bond acceptors (Lipinski definition) is 5. The Morgan fingerprint density at radius 2 is 2.05 bits per heavy atom. The van der Waals surface area contributed by atoms with Gasteiger partial charge in [0.05, 0.1) is 10.9 Å². The van der Waals surface area contributed by atoms with Gasteiger partial charge in [0.15, 0.2) is 0 Å². The molecule has 21 heavy (non-hydrogen) atoms. The molecule has 0 spiro atoms. The highest BCUT2D eigenvalue weighted by Crippen LogP contribution is 2.05. The second-order valence-corrected chi connectivity index (χ2v) is 4.28. The Labute approximate surface area is 117 Å². The summed E-state index contributed by atoms with van der Waals surface area (Å²) in [6.07, 6.45) is 1.48. The van der Waals surface area contributed by atoms with Crippen LogP contribution in [0.25, 0.3) is 11.0 Å². The zero-order valence-corrected chi connectivity index (χ0v) is 10.8. The normalized spacial score (nSPS) is 10.5. The Morgan fingerprint density at radius 3 is 2.76 bits per heavy atom. The van der Waals surface area contributed by atoms with E-state index in [0.717, 1.165) is 0 Å². The van der Waals surface area contributed by atoms with Crippen molar-refractivity contribution in [2.24, 2.45) is 0 Å². The minimum atomic E-state index is -0.938. The van der Waals surface area contributed by atoms with Crippen LogP contribution in [0.15, 0.2) is 21.9 Å². The highest BCUT2D eigenvalue weighted by Gasteiger charge is 2.09. The van der Waals surface area contributed by atoms with Gasteiger partial charge in [-0.2, -0.15) is 0 Å². The predicted molar refractivity (Wildman–Crippen MR) is 72.2 cm³/mol. The number of carbonyl (C=O) groups is 2. The van der Waals surface area contributed by atoms with Crippen LogP contribution in [-0.2, 0) is 4.79 Å². The Balaban J connectivity index is 2.15. The number of rotatable bonds is 5. The summed E-state index contributed by atoms with van der Waals surface area (Å²) in [7, 11) is 0. The largest absolute Gasteiger partial charge is 0.481 e. The summed E-state index contributed by atoms with van der Waals surface area (Å²) in [6.45, 7) is 0.200. The van der Waals surface area contributed by atoms with Gasteiger partial charge < -0.3 is 10.4 Å².